The Morgan fingerprint density at radius 2 is 0.932 bits per heavy atom. The van der Waals surface area contributed by atoms with Gasteiger partial charge in [0.1, 0.15) is 12.2 Å². The molecular formula is C68H100N2O4. The Morgan fingerprint density at radius 1 is 0.527 bits per heavy atom. The Labute approximate surface area is 449 Å². The van der Waals surface area contributed by atoms with Crippen molar-refractivity contribution in [1.29, 1.82) is 0 Å². The fourth-order valence-corrected chi connectivity index (χ4v) is 19.9. The lowest BCUT2D eigenvalue weighted by molar-refractivity contribution is -0.0594. The van der Waals surface area contributed by atoms with Gasteiger partial charge in [0.05, 0.1) is 11.1 Å². The number of nitrogen functional groups attached to an aromatic ring is 2. The van der Waals surface area contributed by atoms with E-state index in [0.717, 1.165) is 111 Å². The number of ether oxygens (including phenoxy) is 2. The van der Waals surface area contributed by atoms with E-state index in [1.165, 1.54) is 101 Å². The molecule has 0 amide bonds. The first-order valence-corrected chi connectivity index (χ1v) is 30.8. The summed E-state index contributed by atoms with van der Waals surface area (Å²) in [6.45, 7) is 25.1. The summed E-state index contributed by atoms with van der Waals surface area (Å²) < 4.78 is 13.0. The van der Waals surface area contributed by atoms with E-state index in [4.69, 9.17) is 20.9 Å². The summed E-state index contributed by atoms with van der Waals surface area (Å²) in [6, 6.07) is 10.8. The highest BCUT2D eigenvalue weighted by Crippen LogP contribution is 2.69. The number of esters is 2. The zero-order valence-corrected chi connectivity index (χ0v) is 48.0. The number of allylic oxidation sites excluding steroid dienone is 2. The molecule has 0 heterocycles. The summed E-state index contributed by atoms with van der Waals surface area (Å²) in [7, 11) is 0. The summed E-state index contributed by atoms with van der Waals surface area (Å²) in [5.74, 6) is 8.68. The molecule has 2 aromatic rings. The Hall–Kier alpha value is -3.54. The molecule has 0 radical (unpaired) electrons. The number of nitrogens with two attached hydrogens (primary N) is 2. The molecule has 2 aromatic carbocycles. The van der Waals surface area contributed by atoms with Gasteiger partial charge in [0.15, 0.2) is 0 Å². The Morgan fingerprint density at radius 3 is 1.32 bits per heavy atom. The van der Waals surface area contributed by atoms with Crippen LogP contribution in [-0.2, 0) is 9.47 Å². The van der Waals surface area contributed by atoms with Crippen LogP contribution >= 0.6 is 0 Å². The summed E-state index contributed by atoms with van der Waals surface area (Å²) >= 11 is 0. The second-order valence-electron chi connectivity index (χ2n) is 28.7. The lowest BCUT2D eigenvalue weighted by atomic mass is 9.47. The Balaban J connectivity index is 0.794. The van der Waals surface area contributed by atoms with Gasteiger partial charge in [-0.2, -0.15) is 0 Å². The first kappa shape index (κ1) is 53.8. The van der Waals surface area contributed by atoms with E-state index < -0.39 is 0 Å². The van der Waals surface area contributed by atoms with Gasteiger partial charge < -0.3 is 20.9 Å². The standard InChI is InChI=1S/C68H100N2O4/c1-41(2)13-11-15-43(5)57-25-27-59-53-21-17-45-37-49(29-33-65(45,7)61(53)31-35-67(57,59)9)73-63(71)55-39-47(69)19-23-51(55)52-24-20-48(70)40-56(52)64(72)74-50-30-34-66(8)46(38-50)18-22-54-60-28-26-58(44(6)16-12-14-42(3)4)68(60,10)36-32-62(54)66/h17-20,23-24,39-44,49-50,53-54,57-62H,11-16,21-22,25-38,69-70H2,1-10H3/t43-,44-,49?,50?,53+,54+,57-,58?,59+,60+,61+,62+,65?,66?,67-,68?/m1/s1. The van der Waals surface area contributed by atoms with Crippen molar-refractivity contribution in [2.24, 2.45) is 92.7 Å². The van der Waals surface area contributed by atoms with Gasteiger partial charge in [-0.3, -0.25) is 0 Å². The molecule has 16 atom stereocenters. The number of fused-ring (bicyclic) bond motifs is 10. The average Bonchev–Trinajstić information content (AvgIpc) is 3.91. The first-order valence-electron chi connectivity index (χ1n) is 30.8. The van der Waals surface area contributed by atoms with Gasteiger partial charge in [0.25, 0.3) is 0 Å². The minimum Gasteiger partial charge on any atom is -0.458 e. The molecule has 406 valence electrons. The van der Waals surface area contributed by atoms with E-state index in [-0.39, 0.29) is 35.0 Å². The van der Waals surface area contributed by atoms with Crippen LogP contribution in [0.25, 0.3) is 11.1 Å². The molecule has 8 aliphatic rings. The molecule has 0 aliphatic heterocycles. The minimum atomic E-state index is -0.388. The highest BCUT2D eigenvalue weighted by atomic mass is 16.5. The summed E-state index contributed by atoms with van der Waals surface area (Å²) in [4.78, 5) is 29.1. The number of carbonyl (C=O) groups is 2. The van der Waals surface area contributed by atoms with Crippen LogP contribution in [0, 0.1) is 92.7 Å². The molecule has 4 N–H and O–H groups in total. The molecule has 6 fully saturated rings. The van der Waals surface area contributed by atoms with E-state index in [2.05, 4.69) is 81.4 Å². The van der Waals surface area contributed by atoms with Gasteiger partial charge in [0.2, 0.25) is 0 Å². The molecule has 8 aliphatic carbocycles. The molecule has 0 bridgehead atoms. The van der Waals surface area contributed by atoms with Crippen molar-refractivity contribution in [3.8, 4) is 11.1 Å². The normalized spacial score (nSPS) is 38.1. The second kappa shape index (κ2) is 21.0. The molecule has 0 spiro atoms. The maximum absolute atomic E-state index is 14.5. The van der Waals surface area contributed by atoms with Gasteiger partial charge in [-0.25, -0.2) is 9.59 Å². The van der Waals surface area contributed by atoms with Crippen LogP contribution in [0.2, 0.25) is 0 Å². The van der Waals surface area contributed by atoms with Crippen LogP contribution in [-0.4, -0.2) is 24.1 Å². The van der Waals surface area contributed by atoms with E-state index in [1.54, 1.807) is 24.3 Å². The third kappa shape index (κ3) is 9.78. The summed E-state index contributed by atoms with van der Waals surface area (Å²) in [6.07, 6.45) is 31.6. The van der Waals surface area contributed by atoms with Gasteiger partial charge in [-0.1, -0.05) is 143 Å². The maximum Gasteiger partial charge on any atom is 0.339 e. The maximum atomic E-state index is 14.5. The van der Waals surface area contributed by atoms with Crippen LogP contribution in [0.5, 0.6) is 0 Å². The number of anilines is 2. The van der Waals surface area contributed by atoms with E-state index in [9.17, 15) is 9.59 Å². The van der Waals surface area contributed by atoms with Gasteiger partial charge in [-0.05, 0) is 218 Å². The number of hydrogen-bond acceptors (Lipinski definition) is 6. The third-order valence-electron chi connectivity index (χ3n) is 23.9. The highest BCUT2D eigenvalue weighted by molar-refractivity contribution is 6.04. The fraction of sp³-hybridized carbons (Fsp3) is 0.735. The number of hydrogen-bond donors (Lipinski definition) is 2. The quantitative estimate of drug-likeness (QED) is 0.105. The molecule has 0 saturated heterocycles. The van der Waals surface area contributed by atoms with Gasteiger partial charge in [0, 0.05) is 24.2 Å². The molecular weight excluding hydrogens is 909 g/mol. The highest BCUT2D eigenvalue weighted by Gasteiger charge is 2.61. The predicted molar refractivity (Wildman–Crippen MR) is 305 cm³/mol. The smallest absolute Gasteiger partial charge is 0.339 e. The summed E-state index contributed by atoms with van der Waals surface area (Å²) in [5.41, 5.74) is 20.1. The first-order chi connectivity index (χ1) is 35.2. The number of carbonyl (C=O) groups excluding carboxylic acids is 2. The van der Waals surface area contributed by atoms with Crippen LogP contribution in [0.3, 0.4) is 0 Å². The van der Waals surface area contributed by atoms with Gasteiger partial charge >= 0.3 is 11.9 Å². The monoisotopic (exact) mass is 1010 g/mol. The Bertz CT molecular complexity index is 2280. The second-order valence-corrected chi connectivity index (χ2v) is 28.7. The molecule has 10 rings (SSSR count). The lowest BCUT2D eigenvalue weighted by Crippen LogP contribution is -2.51. The zero-order valence-electron chi connectivity index (χ0n) is 48.0. The van der Waals surface area contributed by atoms with Crippen LogP contribution < -0.4 is 11.5 Å². The van der Waals surface area contributed by atoms with Crippen molar-refractivity contribution in [3.05, 3.63) is 70.8 Å². The van der Waals surface area contributed by atoms with Crippen molar-refractivity contribution >= 4 is 23.3 Å². The Kier molecular flexibility index (Phi) is 15.3. The van der Waals surface area contributed by atoms with E-state index >= 15 is 0 Å². The molecule has 0 aromatic heterocycles. The zero-order chi connectivity index (χ0) is 52.5. The van der Waals surface area contributed by atoms with Crippen LogP contribution in [0.15, 0.2) is 59.7 Å². The topological polar surface area (TPSA) is 105 Å². The van der Waals surface area contributed by atoms with Crippen molar-refractivity contribution in [3.63, 3.8) is 0 Å². The number of benzene rings is 2. The van der Waals surface area contributed by atoms with E-state index in [1.807, 2.05) is 12.1 Å². The van der Waals surface area contributed by atoms with Crippen LogP contribution in [0.4, 0.5) is 11.4 Å². The van der Waals surface area contributed by atoms with Crippen LogP contribution in [0.1, 0.15) is 231 Å². The van der Waals surface area contributed by atoms with Crippen molar-refractivity contribution in [2.45, 2.75) is 223 Å². The number of rotatable bonds is 15. The molecule has 6 unspecified atom stereocenters. The molecule has 6 nitrogen and oxygen atoms in total. The lowest BCUT2D eigenvalue weighted by Gasteiger charge is -2.58. The fourth-order valence-electron chi connectivity index (χ4n) is 19.9. The SMILES string of the molecule is CC(C)CCC[C@@H](C)C1CC[C@H]2[C@@H]3CC=C4CC(OC(=O)c5cc(N)ccc5-c5ccc(N)cc5C(=O)OC5CCC6(C)C(=CC[C@@H]7[C@@H]6CC[C@]6(C)[C@@H]([C@H](C)CCCC(C)C)CC[C@@H]76)C5)CCC4(C)[C@H]3CCC12C. The molecule has 6 heteroatoms. The third-order valence-corrected chi connectivity index (χ3v) is 23.9. The van der Waals surface area contributed by atoms with Crippen molar-refractivity contribution in [1.82, 2.24) is 0 Å². The predicted octanol–water partition coefficient (Wildman–Crippen LogP) is 17.7. The average molecular weight is 1010 g/mol. The minimum absolute atomic E-state index is 0.158. The molecule has 6 saturated carbocycles. The summed E-state index contributed by atoms with van der Waals surface area (Å²) in [5, 5.41) is 0. The largest absolute Gasteiger partial charge is 0.458 e. The van der Waals surface area contributed by atoms with Gasteiger partial charge in [-0.15, -0.1) is 0 Å². The van der Waals surface area contributed by atoms with E-state index in [0.29, 0.717) is 56.3 Å². The van der Waals surface area contributed by atoms with Crippen molar-refractivity contribution in [2.75, 3.05) is 11.5 Å². The van der Waals surface area contributed by atoms with Crippen molar-refractivity contribution < 1.29 is 19.1 Å². The molecule has 74 heavy (non-hydrogen) atoms.